The van der Waals surface area contributed by atoms with Crippen molar-refractivity contribution >= 4 is 0 Å². The van der Waals surface area contributed by atoms with E-state index in [1.54, 1.807) is 0 Å². The van der Waals surface area contributed by atoms with Gasteiger partial charge in [0.1, 0.15) is 0 Å². The van der Waals surface area contributed by atoms with Gasteiger partial charge in [0.2, 0.25) is 0 Å². The highest BCUT2D eigenvalue weighted by Gasteiger charge is 2.27. The summed E-state index contributed by atoms with van der Waals surface area (Å²) in [6, 6.07) is 0. The van der Waals surface area contributed by atoms with Crippen molar-refractivity contribution in [1.82, 2.24) is 0 Å². The number of hydrogen-bond donors (Lipinski definition) is 1. The van der Waals surface area contributed by atoms with E-state index in [4.69, 9.17) is 4.74 Å². The normalized spacial score (nSPS) is 27.5. The van der Waals surface area contributed by atoms with E-state index < -0.39 is 0 Å². The summed E-state index contributed by atoms with van der Waals surface area (Å²) >= 11 is 0. The summed E-state index contributed by atoms with van der Waals surface area (Å²) < 4.78 is 5.46. The maximum atomic E-state index is 9.77. The third kappa shape index (κ3) is 2.76. The van der Waals surface area contributed by atoms with Gasteiger partial charge in [-0.25, -0.2) is 0 Å². The van der Waals surface area contributed by atoms with Crippen LogP contribution in [0.25, 0.3) is 0 Å². The summed E-state index contributed by atoms with van der Waals surface area (Å²) in [5.74, 6) is 0. The Kier molecular flexibility index (Phi) is 3.13. The molecule has 0 aromatic carbocycles. The molecule has 0 bridgehead atoms. The van der Waals surface area contributed by atoms with Gasteiger partial charge in [-0.3, -0.25) is 0 Å². The molecule has 2 heteroatoms. The topological polar surface area (TPSA) is 29.5 Å². The average molecular weight is 172 g/mol. The van der Waals surface area contributed by atoms with Crippen LogP contribution in [0.3, 0.4) is 0 Å². The van der Waals surface area contributed by atoms with E-state index in [1.165, 1.54) is 0 Å². The maximum absolute atomic E-state index is 9.77. The van der Waals surface area contributed by atoms with Gasteiger partial charge in [-0.1, -0.05) is 20.8 Å². The lowest BCUT2D eigenvalue weighted by Gasteiger charge is -2.27. The number of rotatable bonds is 2. The van der Waals surface area contributed by atoms with Crippen LogP contribution in [0.1, 0.15) is 40.0 Å². The number of aliphatic hydroxyl groups is 1. The first kappa shape index (κ1) is 10.0. The lowest BCUT2D eigenvalue weighted by Crippen LogP contribution is -2.29. The van der Waals surface area contributed by atoms with Crippen molar-refractivity contribution in [3.8, 4) is 0 Å². The molecule has 1 heterocycles. The Balaban J connectivity index is 2.30. The first-order valence-corrected chi connectivity index (χ1v) is 4.80. The maximum Gasteiger partial charge on any atom is 0.0613 e. The monoisotopic (exact) mass is 172 g/mol. The molecule has 72 valence electrons. The van der Waals surface area contributed by atoms with Crippen LogP contribution in [0, 0.1) is 5.41 Å². The fourth-order valence-electron chi connectivity index (χ4n) is 1.43. The van der Waals surface area contributed by atoms with Crippen LogP contribution in [-0.2, 0) is 4.74 Å². The Morgan fingerprint density at radius 3 is 2.58 bits per heavy atom. The van der Waals surface area contributed by atoms with Gasteiger partial charge in [-0.05, 0) is 24.7 Å². The van der Waals surface area contributed by atoms with Gasteiger partial charge in [0.25, 0.3) is 0 Å². The summed E-state index contributed by atoms with van der Waals surface area (Å²) in [4.78, 5) is 0. The van der Waals surface area contributed by atoms with Crippen LogP contribution in [0.2, 0.25) is 0 Å². The standard InChI is InChI=1S/C10H20O2/c1-10(2,3)9(11)7-8-5-4-6-12-8/h8-9,11H,4-7H2,1-3H3. The predicted octanol–water partition coefficient (Wildman–Crippen LogP) is 1.96. The molecule has 0 aromatic rings. The molecule has 2 unspecified atom stereocenters. The first-order valence-electron chi connectivity index (χ1n) is 4.80. The molecule has 1 N–H and O–H groups in total. The van der Waals surface area contributed by atoms with Crippen molar-refractivity contribution in [3.63, 3.8) is 0 Å². The molecule has 0 spiro atoms. The molecule has 0 amide bonds. The Hall–Kier alpha value is -0.0800. The lowest BCUT2D eigenvalue weighted by atomic mass is 9.85. The average Bonchev–Trinajstić information content (AvgIpc) is 2.37. The predicted molar refractivity (Wildman–Crippen MR) is 49.1 cm³/mol. The van der Waals surface area contributed by atoms with Crippen molar-refractivity contribution in [2.45, 2.75) is 52.2 Å². The summed E-state index contributed by atoms with van der Waals surface area (Å²) in [6.07, 6.45) is 3.14. The van der Waals surface area contributed by atoms with Gasteiger partial charge >= 0.3 is 0 Å². The van der Waals surface area contributed by atoms with Gasteiger partial charge in [0, 0.05) is 6.61 Å². The van der Waals surface area contributed by atoms with Crippen LogP contribution >= 0.6 is 0 Å². The van der Waals surface area contributed by atoms with Crippen molar-refractivity contribution in [3.05, 3.63) is 0 Å². The smallest absolute Gasteiger partial charge is 0.0613 e. The summed E-state index contributed by atoms with van der Waals surface area (Å²) in [6.45, 7) is 7.06. The molecule has 0 aliphatic carbocycles. The van der Waals surface area contributed by atoms with Crippen molar-refractivity contribution in [2.75, 3.05) is 6.61 Å². The van der Waals surface area contributed by atoms with Crippen LogP contribution in [0.5, 0.6) is 0 Å². The molecule has 0 saturated carbocycles. The molecule has 2 atom stereocenters. The zero-order chi connectivity index (χ0) is 9.19. The number of aliphatic hydroxyl groups excluding tert-OH is 1. The summed E-state index contributed by atoms with van der Waals surface area (Å²) in [5, 5.41) is 9.77. The number of hydrogen-bond acceptors (Lipinski definition) is 2. The van der Waals surface area contributed by atoms with Gasteiger partial charge in [0.15, 0.2) is 0 Å². The van der Waals surface area contributed by atoms with Gasteiger partial charge < -0.3 is 9.84 Å². The molecule has 12 heavy (non-hydrogen) atoms. The van der Waals surface area contributed by atoms with Crippen molar-refractivity contribution < 1.29 is 9.84 Å². The molecule has 0 radical (unpaired) electrons. The van der Waals surface area contributed by atoms with E-state index in [9.17, 15) is 5.11 Å². The highest BCUT2D eigenvalue weighted by Crippen LogP contribution is 2.26. The molecule has 1 aliphatic heterocycles. The molecule has 1 aliphatic rings. The highest BCUT2D eigenvalue weighted by atomic mass is 16.5. The van der Waals surface area contributed by atoms with Crippen LogP contribution < -0.4 is 0 Å². The third-order valence-electron chi connectivity index (χ3n) is 2.51. The Morgan fingerprint density at radius 1 is 1.50 bits per heavy atom. The molecule has 1 saturated heterocycles. The fraction of sp³-hybridized carbons (Fsp3) is 1.00. The molecule has 2 nitrogen and oxygen atoms in total. The zero-order valence-corrected chi connectivity index (χ0v) is 8.34. The van der Waals surface area contributed by atoms with E-state index in [-0.39, 0.29) is 11.5 Å². The Labute approximate surface area is 74.9 Å². The van der Waals surface area contributed by atoms with Gasteiger partial charge in [0.05, 0.1) is 12.2 Å². The lowest BCUT2D eigenvalue weighted by molar-refractivity contribution is 0.00302. The van der Waals surface area contributed by atoms with Crippen molar-refractivity contribution in [2.24, 2.45) is 5.41 Å². The van der Waals surface area contributed by atoms with Gasteiger partial charge in [-0.15, -0.1) is 0 Å². The van der Waals surface area contributed by atoms with Crippen LogP contribution in [0.4, 0.5) is 0 Å². The largest absolute Gasteiger partial charge is 0.392 e. The van der Waals surface area contributed by atoms with E-state index in [2.05, 4.69) is 20.8 Å². The fourth-order valence-corrected chi connectivity index (χ4v) is 1.43. The second-order valence-electron chi connectivity index (χ2n) is 4.75. The molecular weight excluding hydrogens is 152 g/mol. The van der Waals surface area contributed by atoms with Crippen LogP contribution in [-0.4, -0.2) is 23.9 Å². The van der Waals surface area contributed by atoms with Crippen LogP contribution in [0.15, 0.2) is 0 Å². The van der Waals surface area contributed by atoms with E-state index in [0.29, 0.717) is 6.10 Å². The SMILES string of the molecule is CC(C)(C)C(O)CC1CCCO1. The Morgan fingerprint density at radius 2 is 2.17 bits per heavy atom. The number of ether oxygens (including phenoxy) is 1. The molecular formula is C10H20O2. The van der Waals surface area contributed by atoms with E-state index >= 15 is 0 Å². The Bertz CT molecular complexity index is 131. The second-order valence-corrected chi connectivity index (χ2v) is 4.75. The van der Waals surface area contributed by atoms with Gasteiger partial charge in [-0.2, -0.15) is 0 Å². The second kappa shape index (κ2) is 3.75. The van der Waals surface area contributed by atoms with E-state index in [0.717, 1.165) is 25.9 Å². The molecule has 0 aromatic heterocycles. The third-order valence-corrected chi connectivity index (χ3v) is 2.51. The summed E-state index contributed by atoms with van der Waals surface area (Å²) in [5.41, 5.74) is -0.00799. The van der Waals surface area contributed by atoms with Crippen molar-refractivity contribution in [1.29, 1.82) is 0 Å². The minimum atomic E-state index is -0.236. The zero-order valence-electron chi connectivity index (χ0n) is 8.34. The quantitative estimate of drug-likeness (QED) is 0.690. The molecule has 1 rings (SSSR count). The highest BCUT2D eigenvalue weighted by molar-refractivity contribution is 4.77. The first-order chi connectivity index (χ1) is 5.50. The van der Waals surface area contributed by atoms with E-state index in [1.807, 2.05) is 0 Å². The minimum absolute atomic E-state index is 0.00799. The molecule has 1 fully saturated rings. The minimum Gasteiger partial charge on any atom is -0.392 e. The summed E-state index contributed by atoms with van der Waals surface area (Å²) in [7, 11) is 0.